The highest BCUT2D eigenvalue weighted by molar-refractivity contribution is 7.98. The zero-order valence-electron chi connectivity index (χ0n) is 11.6. The quantitative estimate of drug-likeness (QED) is 0.588. The molecule has 0 aliphatic rings. The van der Waals surface area contributed by atoms with Gasteiger partial charge in [0.1, 0.15) is 0 Å². The summed E-state index contributed by atoms with van der Waals surface area (Å²) in [6.07, 6.45) is 0. The number of benzene rings is 2. The number of hydrogen-bond acceptors (Lipinski definition) is 3. The largest absolute Gasteiger partial charge is 0.398 e. The maximum Gasteiger partial charge on any atom is 0.0805 e. The fourth-order valence-corrected chi connectivity index (χ4v) is 3.32. The molecule has 1 aromatic heterocycles. The van der Waals surface area contributed by atoms with Crippen LogP contribution in [0.15, 0.2) is 47.4 Å². The average molecular weight is 283 g/mol. The molecule has 3 aromatic rings. The van der Waals surface area contributed by atoms with Crippen LogP contribution in [0.5, 0.6) is 0 Å². The molecule has 0 aliphatic heterocycles. The molecule has 20 heavy (non-hydrogen) atoms. The van der Waals surface area contributed by atoms with Gasteiger partial charge in [0, 0.05) is 28.8 Å². The second-order valence-corrected chi connectivity index (χ2v) is 5.88. The van der Waals surface area contributed by atoms with Crippen molar-refractivity contribution in [2.75, 3.05) is 5.73 Å². The lowest BCUT2D eigenvalue weighted by atomic mass is 10.2. The Morgan fingerprint density at radius 3 is 2.80 bits per heavy atom. The third-order valence-corrected chi connectivity index (χ3v) is 4.57. The van der Waals surface area contributed by atoms with E-state index in [0.29, 0.717) is 0 Å². The van der Waals surface area contributed by atoms with Gasteiger partial charge < -0.3 is 5.73 Å². The number of aromatic nitrogens is 2. The molecule has 1 heterocycles. The predicted octanol–water partition coefficient (Wildman–Crippen LogP) is 3.76. The van der Waals surface area contributed by atoms with Gasteiger partial charge in [0.25, 0.3) is 0 Å². The van der Waals surface area contributed by atoms with E-state index in [4.69, 9.17) is 5.73 Å². The number of rotatable bonds is 3. The zero-order chi connectivity index (χ0) is 14.1. The molecule has 2 aromatic carbocycles. The number of fused-ring (bicyclic) bond motifs is 1. The molecule has 2 N–H and O–H groups in total. The van der Waals surface area contributed by atoms with Gasteiger partial charge in [0.05, 0.1) is 11.2 Å². The van der Waals surface area contributed by atoms with Crippen molar-refractivity contribution in [3.63, 3.8) is 0 Å². The highest BCUT2D eigenvalue weighted by Gasteiger charge is 2.09. The van der Waals surface area contributed by atoms with Gasteiger partial charge in [-0.15, -0.1) is 11.8 Å². The Bertz CT molecular complexity index is 762. The van der Waals surface area contributed by atoms with Gasteiger partial charge >= 0.3 is 0 Å². The van der Waals surface area contributed by atoms with Crippen LogP contribution >= 0.6 is 11.8 Å². The molecular weight excluding hydrogens is 266 g/mol. The Balaban J connectivity index is 1.89. The van der Waals surface area contributed by atoms with E-state index in [2.05, 4.69) is 29.4 Å². The predicted molar refractivity (Wildman–Crippen MR) is 85.9 cm³/mol. The van der Waals surface area contributed by atoms with Gasteiger partial charge in [-0.2, -0.15) is 5.10 Å². The van der Waals surface area contributed by atoms with Gasteiger partial charge in [-0.3, -0.25) is 4.68 Å². The number of para-hydroxylation sites is 2. The fourth-order valence-electron chi connectivity index (χ4n) is 2.32. The summed E-state index contributed by atoms with van der Waals surface area (Å²) in [5.74, 6) is 0.828. The average Bonchev–Trinajstić information content (AvgIpc) is 2.78. The fraction of sp³-hybridized carbons (Fsp3) is 0.188. The first-order valence-electron chi connectivity index (χ1n) is 6.55. The summed E-state index contributed by atoms with van der Waals surface area (Å²) >= 11 is 1.74. The van der Waals surface area contributed by atoms with E-state index in [-0.39, 0.29) is 0 Å². The molecule has 102 valence electrons. The lowest BCUT2D eigenvalue weighted by molar-refractivity contribution is 0.781. The minimum absolute atomic E-state index is 0.828. The summed E-state index contributed by atoms with van der Waals surface area (Å²) < 4.78 is 1.94. The minimum atomic E-state index is 0.828. The number of nitrogen functional groups attached to an aromatic ring is 1. The lowest BCUT2D eigenvalue weighted by Crippen LogP contribution is -1.93. The van der Waals surface area contributed by atoms with Crippen LogP contribution in [0.4, 0.5) is 5.69 Å². The summed E-state index contributed by atoms with van der Waals surface area (Å²) in [5.41, 5.74) is 10.4. The van der Waals surface area contributed by atoms with E-state index in [9.17, 15) is 0 Å². The highest BCUT2D eigenvalue weighted by Crippen LogP contribution is 2.31. The Hall–Kier alpha value is -1.94. The standard InChI is InChI=1S/C16H17N3S/c1-11-6-5-9-15(16(11)17)20-10-13-12-7-3-4-8-14(12)19(2)18-13/h3-9H,10,17H2,1-2H3. The number of anilines is 1. The van der Waals surface area contributed by atoms with Crippen molar-refractivity contribution in [1.29, 1.82) is 0 Å². The molecule has 0 saturated heterocycles. The van der Waals surface area contributed by atoms with Crippen molar-refractivity contribution in [1.82, 2.24) is 9.78 Å². The number of nitrogens with two attached hydrogens (primary N) is 1. The van der Waals surface area contributed by atoms with Gasteiger partial charge in [0.2, 0.25) is 0 Å². The third-order valence-electron chi connectivity index (χ3n) is 3.48. The molecule has 3 rings (SSSR count). The van der Waals surface area contributed by atoms with E-state index in [0.717, 1.165) is 27.6 Å². The molecule has 0 spiro atoms. The van der Waals surface area contributed by atoms with Crippen LogP contribution in [-0.4, -0.2) is 9.78 Å². The van der Waals surface area contributed by atoms with E-state index in [1.165, 1.54) is 10.9 Å². The van der Waals surface area contributed by atoms with Crippen molar-refractivity contribution >= 4 is 28.4 Å². The zero-order valence-corrected chi connectivity index (χ0v) is 12.4. The number of hydrogen-bond donors (Lipinski definition) is 1. The maximum atomic E-state index is 6.12. The van der Waals surface area contributed by atoms with Crippen molar-refractivity contribution < 1.29 is 0 Å². The van der Waals surface area contributed by atoms with Gasteiger partial charge in [0.15, 0.2) is 0 Å². The van der Waals surface area contributed by atoms with E-state index >= 15 is 0 Å². The molecule has 0 radical (unpaired) electrons. The second kappa shape index (κ2) is 5.21. The molecule has 4 heteroatoms. The van der Waals surface area contributed by atoms with Crippen molar-refractivity contribution in [2.45, 2.75) is 17.6 Å². The first kappa shape index (κ1) is 13.1. The Kier molecular flexibility index (Phi) is 3.40. The van der Waals surface area contributed by atoms with Gasteiger partial charge in [-0.1, -0.05) is 30.3 Å². The molecule has 3 nitrogen and oxygen atoms in total. The smallest absolute Gasteiger partial charge is 0.0805 e. The summed E-state index contributed by atoms with van der Waals surface area (Å²) in [6, 6.07) is 14.5. The Morgan fingerprint density at radius 1 is 1.15 bits per heavy atom. The summed E-state index contributed by atoms with van der Waals surface area (Å²) in [6.45, 7) is 2.04. The van der Waals surface area contributed by atoms with E-state index in [1.807, 2.05) is 36.9 Å². The van der Waals surface area contributed by atoms with Crippen LogP contribution in [0.3, 0.4) is 0 Å². The second-order valence-electron chi connectivity index (χ2n) is 4.86. The highest BCUT2D eigenvalue weighted by atomic mass is 32.2. The molecule has 0 aliphatic carbocycles. The van der Waals surface area contributed by atoms with E-state index < -0.39 is 0 Å². The number of thioether (sulfide) groups is 1. The Labute approximate surface area is 122 Å². The van der Waals surface area contributed by atoms with Crippen LogP contribution in [0.2, 0.25) is 0 Å². The van der Waals surface area contributed by atoms with Crippen LogP contribution in [0.25, 0.3) is 10.9 Å². The first-order valence-corrected chi connectivity index (χ1v) is 7.54. The summed E-state index contributed by atoms with van der Waals surface area (Å²) in [4.78, 5) is 1.12. The van der Waals surface area contributed by atoms with Crippen LogP contribution in [-0.2, 0) is 12.8 Å². The van der Waals surface area contributed by atoms with Crippen LogP contribution < -0.4 is 5.73 Å². The molecule has 0 atom stereocenters. The van der Waals surface area contributed by atoms with Crippen LogP contribution in [0.1, 0.15) is 11.3 Å². The topological polar surface area (TPSA) is 43.8 Å². The first-order chi connectivity index (χ1) is 9.66. The van der Waals surface area contributed by atoms with Crippen LogP contribution in [0, 0.1) is 6.92 Å². The van der Waals surface area contributed by atoms with Gasteiger partial charge in [-0.25, -0.2) is 0 Å². The normalized spacial score (nSPS) is 11.1. The maximum absolute atomic E-state index is 6.12. The van der Waals surface area contributed by atoms with E-state index in [1.54, 1.807) is 11.8 Å². The SMILES string of the molecule is Cc1cccc(SCc2nn(C)c3ccccc23)c1N. The molecule has 0 unspecified atom stereocenters. The molecule has 0 fully saturated rings. The number of nitrogens with zero attached hydrogens (tertiary/aromatic N) is 2. The molecule has 0 bridgehead atoms. The summed E-state index contributed by atoms with van der Waals surface area (Å²) in [7, 11) is 1.98. The van der Waals surface area contributed by atoms with Crippen molar-refractivity contribution in [3.05, 3.63) is 53.7 Å². The number of aryl methyl sites for hydroxylation is 2. The van der Waals surface area contributed by atoms with Gasteiger partial charge in [-0.05, 0) is 24.6 Å². The summed E-state index contributed by atoms with van der Waals surface area (Å²) in [5, 5.41) is 5.83. The monoisotopic (exact) mass is 283 g/mol. The third kappa shape index (κ3) is 2.27. The molecule has 0 amide bonds. The minimum Gasteiger partial charge on any atom is -0.398 e. The van der Waals surface area contributed by atoms with Crippen molar-refractivity contribution in [2.24, 2.45) is 7.05 Å². The lowest BCUT2D eigenvalue weighted by Gasteiger charge is -2.06. The molecule has 0 saturated carbocycles. The molecular formula is C16H17N3S. The Morgan fingerprint density at radius 2 is 1.95 bits per heavy atom. The van der Waals surface area contributed by atoms with Crippen molar-refractivity contribution in [3.8, 4) is 0 Å².